The van der Waals surface area contributed by atoms with Gasteiger partial charge in [-0.05, 0) is 68.3 Å². The van der Waals surface area contributed by atoms with Crippen molar-refractivity contribution in [1.29, 1.82) is 0 Å². The molecule has 0 fully saturated rings. The largest absolute Gasteiger partial charge is 0.497 e. The number of urea groups is 1. The molecule has 2 amide bonds. The smallest absolute Gasteiger partial charge is 0.324 e. The number of aromatic nitrogens is 4. The summed E-state index contributed by atoms with van der Waals surface area (Å²) < 4.78 is 13.2. The summed E-state index contributed by atoms with van der Waals surface area (Å²) in [6.07, 6.45) is 4.55. The van der Waals surface area contributed by atoms with Crippen LogP contribution in [0.3, 0.4) is 0 Å². The number of hydrogen-bond donors (Lipinski definition) is 3. The lowest BCUT2D eigenvalue weighted by molar-refractivity contribution is 0.262. The zero-order chi connectivity index (χ0) is 31.9. The third kappa shape index (κ3) is 7.07. The van der Waals surface area contributed by atoms with Gasteiger partial charge in [-0.25, -0.2) is 14.5 Å². The van der Waals surface area contributed by atoms with Crippen molar-refractivity contribution in [2.45, 2.75) is 33.1 Å². The number of rotatable bonds is 11. The number of methoxy groups -OCH3 is 1. The number of fused-ring (bicyclic) bond motifs is 1. The van der Waals surface area contributed by atoms with Crippen molar-refractivity contribution >= 4 is 39.9 Å². The van der Waals surface area contributed by atoms with Crippen LogP contribution >= 0.6 is 0 Å². The van der Waals surface area contributed by atoms with E-state index in [1.807, 2.05) is 97.9 Å². The summed E-state index contributed by atoms with van der Waals surface area (Å²) in [5, 5.41) is 15.6. The van der Waals surface area contributed by atoms with Crippen molar-refractivity contribution in [2.75, 3.05) is 23.1 Å². The summed E-state index contributed by atoms with van der Waals surface area (Å²) in [6, 6.07) is 30.1. The predicted molar refractivity (Wildman–Crippen MR) is 182 cm³/mol. The molecule has 10 heteroatoms. The van der Waals surface area contributed by atoms with Crippen LogP contribution in [0.25, 0.3) is 16.5 Å². The first-order valence-electron chi connectivity index (χ1n) is 15.2. The van der Waals surface area contributed by atoms with E-state index in [4.69, 9.17) is 14.6 Å². The Bertz CT molecular complexity index is 1950. The molecule has 6 aromatic rings. The second kappa shape index (κ2) is 13.8. The van der Waals surface area contributed by atoms with Gasteiger partial charge in [-0.15, -0.1) is 0 Å². The van der Waals surface area contributed by atoms with Gasteiger partial charge in [-0.2, -0.15) is 10.1 Å². The summed E-state index contributed by atoms with van der Waals surface area (Å²) in [5.41, 5.74) is 4.41. The van der Waals surface area contributed by atoms with E-state index >= 15 is 0 Å². The summed E-state index contributed by atoms with van der Waals surface area (Å²) in [5.74, 6) is 2.71. The van der Waals surface area contributed by atoms with Crippen LogP contribution in [0, 0.1) is 6.92 Å². The summed E-state index contributed by atoms with van der Waals surface area (Å²) in [6.45, 7) is 4.19. The highest BCUT2D eigenvalue weighted by Crippen LogP contribution is 2.34. The van der Waals surface area contributed by atoms with Gasteiger partial charge in [0.25, 0.3) is 0 Å². The maximum Gasteiger partial charge on any atom is 0.324 e. The standard InChI is InChI=1S/C36H35N7O3/c1-4-5-8-26-23-33(43(42-26)27-15-11-24(2)12-16-27)40-36(44)39-31-19-20-32(30-10-7-6-9-29(30)31)46-34-21-22-37-35(41-34)38-25-13-17-28(45-3)18-14-25/h6-7,9-23H,4-5,8H2,1-3H3,(H,37,38,41)(H2,39,40,44). The minimum Gasteiger partial charge on any atom is -0.497 e. The molecule has 0 saturated carbocycles. The Kier molecular flexibility index (Phi) is 9.05. The summed E-state index contributed by atoms with van der Waals surface area (Å²) >= 11 is 0. The van der Waals surface area contributed by atoms with E-state index in [1.54, 1.807) is 24.1 Å². The van der Waals surface area contributed by atoms with Crippen LogP contribution in [-0.2, 0) is 6.42 Å². The molecule has 4 aromatic carbocycles. The first-order valence-corrected chi connectivity index (χ1v) is 15.2. The monoisotopic (exact) mass is 613 g/mol. The van der Waals surface area contributed by atoms with Crippen LogP contribution in [0.5, 0.6) is 17.4 Å². The number of anilines is 4. The lowest BCUT2D eigenvalue weighted by Crippen LogP contribution is -2.21. The molecule has 2 aromatic heterocycles. The van der Waals surface area contributed by atoms with Crippen molar-refractivity contribution in [3.8, 4) is 23.1 Å². The molecule has 0 spiro atoms. The molecule has 232 valence electrons. The first kappa shape index (κ1) is 30.1. The number of ether oxygens (including phenoxy) is 2. The van der Waals surface area contributed by atoms with Crippen LogP contribution < -0.4 is 25.4 Å². The van der Waals surface area contributed by atoms with Crippen molar-refractivity contribution < 1.29 is 14.3 Å². The second-order valence-electron chi connectivity index (χ2n) is 10.8. The second-order valence-corrected chi connectivity index (χ2v) is 10.8. The summed E-state index contributed by atoms with van der Waals surface area (Å²) in [7, 11) is 1.63. The molecule has 0 aliphatic rings. The topological polar surface area (TPSA) is 115 Å². The average Bonchev–Trinajstić information content (AvgIpc) is 3.47. The van der Waals surface area contributed by atoms with E-state index in [0.29, 0.717) is 29.1 Å². The minimum absolute atomic E-state index is 0.373. The molecule has 2 heterocycles. The number of amides is 2. The third-order valence-electron chi connectivity index (χ3n) is 7.39. The molecule has 0 bridgehead atoms. The highest BCUT2D eigenvalue weighted by atomic mass is 16.5. The Morgan fingerprint density at radius 1 is 0.891 bits per heavy atom. The van der Waals surface area contributed by atoms with E-state index < -0.39 is 0 Å². The van der Waals surface area contributed by atoms with E-state index in [0.717, 1.165) is 58.4 Å². The SMILES string of the molecule is CCCCc1cc(NC(=O)Nc2ccc(Oc3ccnc(Nc4ccc(OC)cc4)n3)c3ccccc23)n(-c2ccc(C)cc2)n1. The highest BCUT2D eigenvalue weighted by Gasteiger charge is 2.15. The van der Waals surface area contributed by atoms with Gasteiger partial charge >= 0.3 is 6.03 Å². The number of hydrogen-bond acceptors (Lipinski definition) is 7. The van der Waals surface area contributed by atoms with Gasteiger partial charge in [0, 0.05) is 34.8 Å². The Balaban J connectivity index is 1.20. The quantitative estimate of drug-likeness (QED) is 0.134. The maximum atomic E-state index is 13.4. The molecule has 0 saturated heterocycles. The Morgan fingerprint density at radius 2 is 1.67 bits per heavy atom. The van der Waals surface area contributed by atoms with Crippen molar-refractivity contribution in [3.63, 3.8) is 0 Å². The van der Waals surface area contributed by atoms with Gasteiger partial charge in [0.05, 0.1) is 24.2 Å². The lowest BCUT2D eigenvalue weighted by Gasteiger charge is -2.14. The Morgan fingerprint density at radius 3 is 2.43 bits per heavy atom. The molecule has 0 radical (unpaired) electrons. The first-order chi connectivity index (χ1) is 22.5. The number of nitrogens with zero attached hydrogens (tertiary/aromatic N) is 4. The van der Waals surface area contributed by atoms with E-state index in [1.165, 1.54) is 0 Å². The molecule has 10 nitrogen and oxygen atoms in total. The molecule has 0 aliphatic heterocycles. The number of carbonyl (C=O) groups is 1. The van der Waals surface area contributed by atoms with Crippen molar-refractivity contribution in [2.24, 2.45) is 0 Å². The number of carbonyl (C=O) groups excluding carboxylic acids is 1. The van der Waals surface area contributed by atoms with E-state index in [9.17, 15) is 4.79 Å². The number of nitrogens with one attached hydrogen (secondary N) is 3. The fourth-order valence-corrected chi connectivity index (χ4v) is 5.00. The number of aryl methyl sites for hydroxylation is 2. The van der Waals surface area contributed by atoms with Gasteiger partial charge in [-0.1, -0.05) is 55.3 Å². The summed E-state index contributed by atoms with van der Waals surface area (Å²) in [4.78, 5) is 22.2. The predicted octanol–water partition coefficient (Wildman–Crippen LogP) is 8.66. The molecule has 3 N–H and O–H groups in total. The van der Waals surface area contributed by atoms with Gasteiger partial charge < -0.3 is 20.1 Å². The van der Waals surface area contributed by atoms with Gasteiger partial charge in [0.2, 0.25) is 11.8 Å². The van der Waals surface area contributed by atoms with Crippen LogP contribution in [0.1, 0.15) is 31.0 Å². The molecular formula is C36H35N7O3. The normalized spacial score (nSPS) is 10.8. The third-order valence-corrected chi connectivity index (χ3v) is 7.39. The Hall–Kier alpha value is -5.90. The molecule has 0 atom stereocenters. The van der Waals surface area contributed by atoms with Crippen LogP contribution in [0.4, 0.5) is 27.9 Å². The van der Waals surface area contributed by atoms with Crippen LogP contribution in [0.2, 0.25) is 0 Å². The van der Waals surface area contributed by atoms with Gasteiger partial charge in [-0.3, -0.25) is 5.32 Å². The fourth-order valence-electron chi connectivity index (χ4n) is 5.00. The number of benzene rings is 4. The lowest BCUT2D eigenvalue weighted by atomic mass is 10.1. The fraction of sp³-hybridized carbons (Fsp3) is 0.167. The van der Waals surface area contributed by atoms with Crippen LogP contribution in [-0.4, -0.2) is 32.9 Å². The van der Waals surface area contributed by atoms with E-state index in [-0.39, 0.29) is 6.03 Å². The van der Waals surface area contributed by atoms with E-state index in [2.05, 4.69) is 32.8 Å². The average molecular weight is 614 g/mol. The molecule has 6 rings (SSSR count). The number of unbranched alkanes of at least 4 members (excludes halogenated alkanes) is 1. The zero-order valence-corrected chi connectivity index (χ0v) is 25.9. The highest BCUT2D eigenvalue weighted by molar-refractivity contribution is 6.07. The maximum absolute atomic E-state index is 13.4. The molecular weight excluding hydrogens is 578 g/mol. The molecule has 0 unspecified atom stereocenters. The van der Waals surface area contributed by atoms with Gasteiger partial charge in [0.1, 0.15) is 17.3 Å². The Labute approximate surface area is 267 Å². The minimum atomic E-state index is -0.376. The molecule has 0 aliphatic carbocycles. The van der Waals surface area contributed by atoms with Crippen LogP contribution in [0.15, 0.2) is 103 Å². The van der Waals surface area contributed by atoms with Gasteiger partial charge in [0.15, 0.2) is 0 Å². The van der Waals surface area contributed by atoms with Crippen molar-refractivity contribution in [3.05, 3.63) is 115 Å². The zero-order valence-electron chi connectivity index (χ0n) is 25.9. The molecule has 46 heavy (non-hydrogen) atoms. The van der Waals surface area contributed by atoms with Crippen molar-refractivity contribution in [1.82, 2.24) is 19.7 Å².